The molecule has 0 aliphatic rings. The molecule has 3 heteroatoms. The molecule has 0 radical (unpaired) electrons. The lowest BCUT2D eigenvalue weighted by molar-refractivity contribution is 0.156. The molecule has 1 rings (SSSR count). The quantitative estimate of drug-likeness (QED) is 0.852. The molecule has 2 unspecified atom stereocenters. The summed E-state index contributed by atoms with van der Waals surface area (Å²) in [6, 6.07) is 8.42. The molecule has 1 aromatic rings. The number of hydrogen-bond donors (Lipinski definition) is 1. The minimum atomic E-state index is 0.182. The summed E-state index contributed by atoms with van der Waals surface area (Å²) in [7, 11) is 2.15. The SMILES string of the molecule is CCC(C)(CN)CN(C)C(C)c1cccc(Cl)c1. The van der Waals surface area contributed by atoms with Crippen LogP contribution in [-0.2, 0) is 0 Å². The van der Waals surface area contributed by atoms with Gasteiger partial charge < -0.3 is 5.73 Å². The van der Waals surface area contributed by atoms with Crippen molar-refractivity contribution in [3.63, 3.8) is 0 Å². The molecule has 0 saturated carbocycles. The molecule has 2 atom stereocenters. The summed E-state index contributed by atoms with van der Waals surface area (Å²) in [5.41, 5.74) is 7.31. The zero-order valence-corrected chi connectivity index (χ0v) is 12.7. The first-order chi connectivity index (χ1) is 8.41. The number of rotatable bonds is 6. The molecular weight excluding hydrogens is 244 g/mol. The second-order valence-corrected chi connectivity index (χ2v) is 5.95. The Labute approximate surface area is 116 Å². The molecule has 0 aliphatic carbocycles. The fourth-order valence-electron chi connectivity index (χ4n) is 2.08. The van der Waals surface area contributed by atoms with Gasteiger partial charge in [0.1, 0.15) is 0 Å². The van der Waals surface area contributed by atoms with Gasteiger partial charge in [-0.15, -0.1) is 0 Å². The first-order valence-corrected chi connectivity index (χ1v) is 6.95. The number of halogens is 1. The Balaban J connectivity index is 2.75. The molecule has 0 fully saturated rings. The van der Waals surface area contributed by atoms with Crippen molar-refractivity contribution in [3.05, 3.63) is 34.9 Å². The first-order valence-electron chi connectivity index (χ1n) is 6.57. The minimum absolute atomic E-state index is 0.182. The lowest BCUT2D eigenvalue weighted by Crippen LogP contribution is -2.39. The van der Waals surface area contributed by atoms with E-state index in [1.165, 1.54) is 5.56 Å². The number of benzene rings is 1. The fourth-order valence-corrected chi connectivity index (χ4v) is 2.28. The van der Waals surface area contributed by atoms with Gasteiger partial charge in [0.25, 0.3) is 0 Å². The van der Waals surface area contributed by atoms with E-state index in [4.69, 9.17) is 17.3 Å². The van der Waals surface area contributed by atoms with Crippen molar-refractivity contribution in [3.8, 4) is 0 Å². The third kappa shape index (κ3) is 3.98. The average molecular weight is 269 g/mol. The van der Waals surface area contributed by atoms with Gasteiger partial charge in [0.05, 0.1) is 0 Å². The normalized spacial score (nSPS) is 16.6. The van der Waals surface area contributed by atoms with Crippen LogP contribution in [0.4, 0.5) is 0 Å². The van der Waals surface area contributed by atoms with Crippen LogP contribution in [0.25, 0.3) is 0 Å². The molecule has 1 aromatic carbocycles. The van der Waals surface area contributed by atoms with Gasteiger partial charge in [-0.25, -0.2) is 0 Å². The lowest BCUT2D eigenvalue weighted by atomic mass is 9.86. The zero-order chi connectivity index (χ0) is 13.8. The second-order valence-electron chi connectivity index (χ2n) is 5.51. The predicted octanol–water partition coefficient (Wildman–Crippen LogP) is 3.71. The monoisotopic (exact) mass is 268 g/mol. The van der Waals surface area contributed by atoms with Crippen LogP contribution in [-0.4, -0.2) is 25.0 Å². The van der Waals surface area contributed by atoms with Crippen molar-refractivity contribution in [2.24, 2.45) is 11.1 Å². The Morgan fingerprint density at radius 3 is 2.61 bits per heavy atom. The first kappa shape index (κ1) is 15.5. The van der Waals surface area contributed by atoms with Gasteiger partial charge in [-0.2, -0.15) is 0 Å². The third-order valence-corrected chi connectivity index (χ3v) is 4.20. The Bertz CT molecular complexity index is 375. The summed E-state index contributed by atoms with van der Waals surface area (Å²) < 4.78 is 0. The van der Waals surface area contributed by atoms with Crippen molar-refractivity contribution >= 4 is 11.6 Å². The topological polar surface area (TPSA) is 29.3 Å². The molecule has 0 heterocycles. The number of hydrogen-bond acceptors (Lipinski definition) is 2. The second kappa shape index (κ2) is 6.55. The molecule has 0 bridgehead atoms. The van der Waals surface area contributed by atoms with E-state index in [-0.39, 0.29) is 5.41 Å². The predicted molar refractivity (Wildman–Crippen MR) is 79.9 cm³/mol. The molecule has 102 valence electrons. The van der Waals surface area contributed by atoms with Crippen LogP contribution in [0.5, 0.6) is 0 Å². The maximum Gasteiger partial charge on any atom is 0.0409 e. The minimum Gasteiger partial charge on any atom is -0.330 e. The van der Waals surface area contributed by atoms with Gasteiger partial charge in [0, 0.05) is 17.6 Å². The summed E-state index contributed by atoms with van der Waals surface area (Å²) in [5.74, 6) is 0. The summed E-state index contributed by atoms with van der Waals surface area (Å²) in [4.78, 5) is 2.35. The van der Waals surface area contributed by atoms with Gasteiger partial charge in [-0.3, -0.25) is 4.90 Å². The molecule has 2 N–H and O–H groups in total. The Morgan fingerprint density at radius 1 is 1.44 bits per heavy atom. The largest absolute Gasteiger partial charge is 0.330 e. The summed E-state index contributed by atoms with van der Waals surface area (Å²) in [6.07, 6.45) is 1.09. The Morgan fingerprint density at radius 2 is 2.11 bits per heavy atom. The summed E-state index contributed by atoms with van der Waals surface area (Å²) >= 11 is 6.04. The van der Waals surface area contributed by atoms with E-state index in [1.54, 1.807) is 0 Å². The summed E-state index contributed by atoms with van der Waals surface area (Å²) in [6.45, 7) is 8.36. The highest BCUT2D eigenvalue weighted by Crippen LogP contribution is 2.27. The van der Waals surface area contributed by atoms with Gasteiger partial charge in [0.2, 0.25) is 0 Å². The van der Waals surface area contributed by atoms with E-state index < -0.39 is 0 Å². The van der Waals surface area contributed by atoms with Crippen molar-refractivity contribution in [1.29, 1.82) is 0 Å². The highest BCUT2D eigenvalue weighted by atomic mass is 35.5. The van der Waals surface area contributed by atoms with Crippen LogP contribution < -0.4 is 5.73 Å². The van der Waals surface area contributed by atoms with Crippen molar-refractivity contribution in [2.75, 3.05) is 20.1 Å². The third-order valence-electron chi connectivity index (χ3n) is 3.97. The van der Waals surface area contributed by atoms with E-state index >= 15 is 0 Å². The van der Waals surface area contributed by atoms with Crippen LogP contribution in [0.1, 0.15) is 38.8 Å². The highest BCUT2D eigenvalue weighted by Gasteiger charge is 2.24. The highest BCUT2D eigenvalue weighted by molar-refractivity contribution is 6.30. The van der Waals surface area contributed by atoms with Crippen molar-refractivity contribution in [1.82, 2.24) is 4.90 Å². The van der Waals surface area contributed by atoms with E-state index in [0.717, 1.165) is 24.5 Å². The van der Waals surface area contributed by atoms with Crippen LogP contribution >= 0.6 is 11.6 Å². The molecule has 18 heavy (non-hydrogen) atoms. The average Bonchev–Trinajstić information content (AvgIpc) is 2.37. The van der Waals surface area contributed by atoms with E-state index in [9.17, 15) is 0 Å². The maximum atomic E-state index is 6.04. The molecule has 0 aromatic heterocycles. The van der Waals surface area contributed by atoms with Crippen molar-refractivity contribution < 1.29 is 0 Å². The standard InChI is InChI=1S/C15H25ClN2/c1-5-15(3,10-17)11-18(4)12(2)13-7-6-8-14(16)9-13/h6-9,12H,5,10-11,17H2,1-4H3. The molecule has 0 saturated heterocycles. The zero-order valence-electron chi connectivity index (χ0n) is 11.9. The lowest BCUT2D eigenvalue weighted by Gasteiger charge is -2.35. The number of nitrogens with two attached hydrogens (primary N) is 1. The molecule has 0 spiro atoms. The van der Waals surface area contributed by atoms with Crippen LogP contribution in [0.2, 0.25) is 5.02 Å². The van der Waals surface area contributed by atoms with Crippen LogP contribution in [0, 0.1) is 5.41 Å². The van der Waals surface area contributed by atoms with Crippen LogP contribution in [0.15, 0.2) is 24.3 Å². The molecule has 0 amide bonds. The smallest absolute Gasteiger partial charge is 0.0409 e. The van der Waals surface area contributed by atoms with Crippen molar-refractivity contribution in [2.45, 2.75) is 33.2 Å². The van der Waals surface area contributed by atoms with Gasteiger partial charge in [0.15, 0.2) is 0 Å². The van der Waals surface area contributed by atoms with Gasteiger partial charge in [-0.1, -0.05) is 37.6 Å². The van der Waals surface area contributed by atoms with Gasteiger partial charge >= 0.3 is 0 Å². The Hall–Kier alpha value is -0.570. The maximum absolute atomic E-state index is 6.04. The number of nitrogens with zero attached hydrogens (tertiary/aromatic N) is 1. The van der Waals surface area contributed by atoms with E-state index in [1.807, 2.05) is 18.2 Å². The van der Waals surface area contributed by atoms with Crippen LogP contribution in [0.3, 0.4) is 0 Å². The van der Waals surface area contributed by atoms with Gasteiger partial charge in [-0.05, 0) is 50.0 Å². The van der Waals surface area contributed by atoms with E-state index in [2.05, 4.69) is 38.8 Å². The fraction of sp³-hybridized carbons (Fsp3) is 0.600. The molecule has 0 aliphatic heterocycles. The Kier molecular flexibility index (Phi) is 5.64. The molecular formula is C15H25ClN2. The van der Waals surface area contributed by atoms with E-state index in [0.29, 0.717) is 6.04 Å². The summed E-state index contributed by atoms with van der Waals surface area (Å²) in [5, 5.41) is 0.796. The molecule has 2 nitrogen and oxygen atoms in total.